The molecule has 0 aliphatic rings. The molecule has 0 aliphatic heterocycles. The molecule has 0 radical (unpaired) electrons. The third kappa shape index (κ3) is 20.3. The molecule has 1 aromatic rings. The van der Waals surface area contributed by atoms with Crippen molar-refractivity contribution in [3.05, 3.63) is 33.3 Å². The molecule has 0 aliphatic carbocycles. The number of rotatable bonds is 7. The molecule has 4 nitrogen and oxygen atoms in total. The lowest BCUT2D eigenvalue weighted by Gasteiger charge is -2.22. The van der Waals surface area contributed by atoms with Crippen molar-refractivity contribution in [2.24, 2.45) is 4.99 Å². The summed E-state index contributed by atoms with van der Waals surface area (Å²) in [6.45, 7) is 13.1. The SMILES string of the molecule is CC=NCC(OC)N(C)OC.CCC.CCC.CCCc1ccc(Br)cc1Cl. The summed E-state index contributed by atoms with van der Waals surface area (Å²) in [6.07, 6.45) is 6.35. The predicted molar refractivity (Wildman–Crippen MR) is 130 cm³/mol. The van der Waals surface area contributed by atoms with E-state index in [1.807, 2.05) is 19.1 Å². The lowest BCUT2D eigenvalue weighted by Crippen LogP contribution is -2.34. The molecule has 0 saturated carbocycles. The normalized spacial score (nSPS) is 11.0. The van der Waals surface area contributed by atoms with Crippen LogP contribution in [0.3, 0.4) is 0 Å². The summed E-state index contributed by atoms with van der Waals surface area (Å²) in [4.78, 5) is 8.98. The number of nitrogens with zero attached hydrogens (tertiary/aromatic N) is 2. The van der Waals surface area contributed by atoms with Crippen LogP contribution in [0, 0.1) is 0 Å². The molecule has 1 unspecified atom stereocenters. The molecule has 6 heteroatoms. The Morgan fingerprint density at radius 1 is 1.14 bits per heavy atom. The highest BCUT2D eigenvalue weighted by molar-refractivity contribution is 9.10. The standard InChI is InChI=1S/C9H10BrCl.C7H16N2O2.2C3H8/c1-2-3-7-4-5-8(10)6-9(7)11;1-5-8-6-7(10-3)9(2)11-4;2*1-3-2/h4-6H,2-3H2,1H3;5,7H,6H2,1-4H3;2*3H2,1-2H3. The Hall–Kier alpha value is -0.460. The molecule has 1 atom stereocenters. The highest BCUT2D eigenvalue weighted by Gasteiger charge is 2.11. The first-order valence-corrected chi connectivity index (χ1v) is 11.2. The van der Waals surface area contributed by atoms with E-state index >= 15 is 0 Å². The largest absolute Gasteiger partial charge is 0.362 e. The monoisotopic (exact) mass is 480 g/mol. The van der Waals surface area contributed by atoms with Crippen LogP contribution in [0.25, 0.3) is 0 Å². The third-order valence-corrected chi connectivity index (χ3v) is 3.79. The summed E-state index contributed by atoms with van der Waals surface area (Å²) >= 11 is 9.34. The lowest BCUT2D eigenvalue weighted by molar-refractivity contribution is -0.208. The second kappa shape index (κ2) is 24.6. The van der Waals surface area contributed by atoms with Gasteiger partial charge >= 0.3 is 0 Å². The fraction of sp³-hybridized carbons (Fsp3) is 0.682. The number of hydrogen-bond acceptors (Lipinski definition) is 4. The first kappa shape index (κ1) is 32.2. The molecule has 0 aromatic heterocycles. The van der Waals surface area contributed by atoms with Crippen molar-refractivity contribution in [1.29, 1.82) is 0 Å². The van der Waals surface area contributed by atoms with Gasteiger partial charge in [-0.25, -0.2) is 0 Å². The Kier molecular flexibility index (Phi) is 28.3. The van der Waals surface area contributed by atoms with Crippen LogP contribution in [0.4, 0.5) is 0 Å². The maximum Gasteiger partial charge on any atom is 0.151 e. The Balaban J connectivity index is -0.000000349. The van der Waals surface area contributed by atoms with Gasteiger partial charge < -0.3 is 4.74 Å². The van der Waals surface area contributed by atoms with E-state index in [0.717, 1.165) is 22.3 Å². The van der Waals surface area contributed by atoms with Crippen LogP contribution in [0.1, 0.15) is 66.4 Å². The van der Waals surface area contributed by atoms with Gasteiger partial charge in [-0.2, -0.15) is 5.06 Å². The van der Waals surface area contributed by atoms with Crippen LogP contribution in [-0.4, -0.2) is 45.3 Å². The highest BCUT2D eigenvalue weighted by Crippen LogP contribution is 2.22. The molecule has 0 spiro atoms. The van der Waals surface area contributed by atoms with Gasteiger partial charge in [0, 0.05) is 23.7 Å². The first-order chi connectivity index (χ1) is 13.3. The van der Waals surface area contributed by atoms with Gasteiger partial charge in [-0.1, -0.05) is 87.5 Å². The summed E-state index contributed by atoms with van der Waals surface area (Å²) < 4.78 is 6.14. The topological polar surface area (TPSA) is 34.1 Å². The quantitative estimate of drug-likeness (QED) is 0.231. The van der Waals surface area contributed by atoms with Gasteiger partial charge in [0.15, 0.2) is 6.23 Å². The van der Waals surface area contributed by atoms with Crippen LogP contribution in [0.5, 0.6) is 0 Å². The van der Waals surface area contributed by atoms with Crippen LogP contribution >= 0.6 is 27.5 Å². The molecular formula is C22H42BrClN2O2. The molecule has 1 aromatic carbocycles. The van der Waals surface area contributed by atoms with Gasteiger partial charge in [-0.3, -0.25) is 9.83 Å². The second-order valence-corrected chi connectivity index (χ2v) is 7.27. The van der Waals surface area contributed by atoms with Crippen molar-refractivity contribution in [2.45, 2.75) is 73.5 Å². The Bertz CT molecular complexity index is 472. The maximum atomic E-state index is 5.98. The molecule has 0 bridgehead atoms. The molecule has 0 amide bonds. The van der Waals surface area contributed by atoms with E-state index in [1.54, 1.807) is 32.5 Å². The predicted octanol–water partition coefficient (Wildman–Crippen LogP) is 7.43. The summed E-state index contributed by atoms with van der Waals surface area (Å²) in [7, 11) is 5.03. The van der Waals surface area contributed by atoms with E-state index in [0.29, 0.717) is 6.54 Å². The number of likely N-dealkylation sites (N-methyl/N-ethyl adjacent to an activating group) is 1. The number of hydrogen-bond donors (Lipinski definition) is 0. The average Bonchev–Trinajstić information content (AvgIpc) is 2.66. The first-order valence-electron chi connectivity index (χ1n) is 10.0. The van der Waals surface area contributed by atoms with Crippen LogP contribution < -0.4 is 0 Å². The molecule has 0 fully saturated rings. The Morgan fingerprint density at radius 2 is 1.68 bits per heavy atom. The zero-order valence-electron chi connectivity index (χ0n) is 19.4. The Morgan fingerprint density at radius 3 is 2.04 bits per heavy atom. The molecule has 1 rings (SSSR count). The fourth-order valence-electron chi connectivity index (χ4n) is 1.64. The molecule has 0 heterocycles. The Labute approximate surface area is 187 Å². The molecular weight excluding hydrogens is 440 g/mol. The van der Waals surface area contributed by atoms with Gasteiger partial charge in [-0.15, -0.1) is 0 Å². The summed E-state index contributed by atoms with van der Waals surface area (Å²) in [6, 6.07) is 6.03. The highest BCUT2D eigenvalue weighted by atomic mass is 79.9. The number of methoxy groups -OCH3 is 1. The molecule has 166 valence electrons. The van der Waals surface area contributed by atoms with E-state index in [2.05, 4.69) is 61.6 Å². The van der Waals surface area contributed by atoms with Crippen molar-refractivity contribution in [2.75, 3.05) is 27.8 Å². The number of benzene rings is 1. The third-order valence-electron chi connectivity index (χ3n) is 2.94. The van der Waals surface area contributed by atoms with Gasteiger partial charge in [0.25, 0.3) is 0 Å². The van der Waals surface area contributed by atoms with Crippen LogP contribution in [0.15, 0.2) is 27.7 Å². The number of halogens is 2. The molecule has 0 N–H and O–H groups in total. The lowest BCUT2D eigenvalue weighted by atomic mass is 10.1. The minimum Gasteiger partial charge on any atom is -0.362 e. The van der Waals surface area contributed by atoms with Crippen molar-refractivity contribution < 1.29 is 9.57 Å². The number of hydroxylamine groups is 2. The van der Waals surface area contributed by atoms with Crippen molar-refractivity contribution in [3.63, 3.8) is 0 Å². The fourth-order valence-corrected chi connectivity index (χ4v) is 2.41. The molecule has 28 heavy (non-hydrogen) atoms. The van der Waals surface area contributed by atoms with E-state index in [9.17, 15) is 0 Å². The van der Waals surface area contributed by atoms with Gasteiger partial charge in [0.1, 0.15) is 0 Å². The number of ether oxygens (including phenoxy) is 1. The van der Waals surface area contributed by atoms with E-state index in [4.69, 9.17) is 21.2 Å². The maximum absolute atomic E-state index is 5.98. The number of aryl methyl sites for hydroxylation is 1. The van der Waals surface area contributed by atoms with Crippen molar-refractivity contribution in [3.8, 4) is 0 Å². The number of aliphatic imine (C=N–C) groups is 1. The summed E-state index contributed by atoms with van der Waals surface area (Å²) in [5, 5.41) is 2.48. The second-order valence-electron chi connectivity index (χ2n) is 5.94. The minimum absolute atomic E-state index is 0.101. The van der Waals surface area contributed by atoms with Gasteiger partial charge in [-0.05, 0) is 37.3 Å². The van der Waals surface area contributed by atoms with Crippen molar-refractivity contribution in [1.82, 2.24) is 5.06 Å². The van der Waals surface area contributed by atoms with E-state index in [-0.39, 0.29) is 6.23 Å². The summed E-state index contributed by atoms with van der Waals surface area (Å²) in [5.74, 6) is 0. The smallest absolute Gasteiger partial charge is 0.151 e. The van der Waals surface area contributed by atoms with E-state index < -0.39 is 0 Å². The van der Waals surface area contributed by atoms with Crippen molar-refractivity contribution >= 4 is 33.7 Å². The van der Waals surface area contributed by atoms with Gasteiger partial charge in [0.05, 0.1) is 13.7 Å². The van der Waals surface area contributed by atoms with Crippen LogP contribution in [0.2, 0.25) is 5.02 Å². The average molecular weight is 482 g/mol. The minimum atomic E-state index is -0.101. The zero-order chi connectivity index (χ0) is 22.4. The summed E-state index contributed by atoms with van der Waals surface area (Å²) in [5.41, 5.74) is 1.23. The van der Waals surface area contributed by atoms with Crippen LogP contribution in [-0.2, 0) is 16.0 Å². The van der Waals surface area contributed by atoms with E-state index in [1.165, 1.54) is 18.4 Å². The molecule has 0 saturated heterocycles. The zero-order valence-corrected chi connectivity index (χ0v) is 21.7. The van der Waals surface area contributed by atoms with Gasteiger partial charge in [0.2, 0.25) is 0 Å².